The zero-order chi connectivity index (χ0) is 18.4. The molecule has 2 rings (SSSR count). The first-order valence-electron chi connectivity index (χ1n) is 7.68. The largest absolute Gasteiger partial charge is 0.453 e. The Bertz CT molecular complexity index is 869. The highest BCUT2D eigenvalue weighted by Gasteiger charge is 2.25. The van der Waals surface area contributed by atoms with Gasteiger partial charge >= 0.3 is 5.97 Å². The Balaban J connectivity index is 2.25. The summed E-state index contributed by atoms with van der Waals surface area (Å²) in [5.74, 6) is -0.871. The highest BCUT2D eigenvalue weighted by molar-refractivity contribution is 9.10. The first-order valence-corrected chi connectivity index (χ1v) is 10.1. The average molecular weight is 423 g/mol. The van der Waals surface area contributed by atoms with Gasteiger partial charge in [0, 0.05) is 4.47 Å². The fraction of sp³-hybridized carbons (Fsp3) is 0.211. The number of benzene rings is 2. The standard InChI is InChI=1S/C19H19BrO4S/c1-14(2)12-16(24-19(21)15-8-4-3-5-9-15)13-25(22,23)18-11-7-6-10-17(18)20/h3-12,16H,13H2,1-2H3. The van der Waals surface area contributed by atoms with E-state index in [4.69, 9.17) is 4.74 Å². The van der Waals surface area contributed by atoms with Crippen molar-refractivity contribution in [2.75, 3.05) is 5.75 Å². The lowest BCUT2D eigenvalue weighted by Crippen LogP contribution is -2.26. The minimum Gasteiger partial charge on any atom is -0.453 e. The number of hydrogen-bond donors (Lipinski definition) is 0. The first kappa shape index (κ1) is 19.4. The van der Waals surface area contributed by atoms with Crippen LogP contribution >= 0.6 is 15.9 Å². The van der Waals surface area contributed by atoms with E-state index in [1.165, 1.54) is 6.07 Å². The summed E-state index contributed by atoms with van der Waals surface area (Å²) in [7, 11) is -3.63. The van der Waals surface area contributed by atoms with Crippen LogP contribution in [0.25, 0.3) is 0 Å². The number of esters is 1. The highest BCUT2D eigenvalue weighted by atomic mass is 79.9. The first-order chi connectivity index (χ1) is 11.8. The van der Waals surface area contributed by atoms with Crippen molar-refractivity contribution in [3.05, 3.63) is 76.3 Å². The fourth-order valence-corrected chi connectivity index (χ4v) is 4.72. The summed E-state index contributed by atoms with van der Waals surface area (Å²) in [6.07, 6.45) is 0.782. The van der Waals surface area contributed by atoms with Crippen molar-refractivity contribution in [2.45, 2.75) is 24.8 Å². The Morgan fingerprint density at radius 1 is 1.08 bits per heavy atom. The van der Waals surface area contributed by atoms with Crippen LogP contribution in [0.15, 0.2) is 75.6 Å². The summed E-state index contributed by atoms with van der Waals surface area (Å²) in [4.78, 5) is 12.4. The molecule has 6 heteroatoms. The van der Waals surface area contributed by atoms with Gasteiger partial charge in [-0.2, -0.15) is 0 Å². The number of ether oxygens (including phenoxy) is 1. The highest BCUT2D eigenvalue weighted by Crippen LogP contribution is 2.24. The molecule has 132 valence electrons. The Kier molecular flexibility index (Phi) is 6.56. The van der Waals surface area contributed by atoms with Crippen LogP contribution in [0.3, 0.4) is 0 Å². The van der Waals surface area contributed by atoms with Gasteiger partial charge in [-0.1, -0.05) is 35.9 Å². The molecule has 0 saturated heterocycles. The van der Waals surface area contributed by atoms with Crippen molar-refractivity contribution >= 4 is 31.7 Å². The zero-order valence-electron chi connectivity index (χ0n) is 14.0. The van der Waals surface area contributed by atoms with Crippen molar-refractivity contribution in [2.24, 2.45) is 0 Å². The smallest absolute Gasteiger partial charge is 0.338 e. The maximum absolute atomic E-state index is 12.7. The van der Waals surface area contributed by atoms with Crippen LogP contribution in [0.5, 0.6) is 0 Å². The van der Waals surface area contributed by atoms with Gasteiger partial charge in [0.15, 0.2) is 9.84 Å². The quantitative estimate of drug-likeness (QED) is 0.510. The van der Waals surface area contributed by atoms with E-state index in [-0.39, 0.29) is 10.6 Å². The molecular formula is C19H19BrO4S. The van der Waals surface area contributed by atoms with E-state index in [0.717, 1.165) is 5.57 Å². The monoisotopic (exact) mass is 422 g/mol. The fourth-order valence-electron chi connectivity index (χ4n) is 2.27. The van der Waals surface area contributed by atoms with Crippen LogP contribution in [0.4, 0.5) is 0 Å². The summed E-state index contributed by atoms with van der Waals surface area (Å²) >= 11 is 3.26. The van der Waals surface area contributed by atoms with Gasteiger partial charge in [-0.05, 0) is 60.1 Å². The molecule has 0 spiro atoms. The van der Waals surface area contributed by atoms with Crippen molar-refractivity contribution in [1.82, 2.24) is 0 Å². The van der Waals surface area contributed by atoms with Gasteiger partial charge in [-0.15, -0.1) is 0 Å². The summed E-state index contributed by atoms with van der Waals surface area (Å²) in [6.45, 7) is 3.66. The van der Waals surface area contributed by atoms with E-state index in [9.17, 15) is 13.2 Å². The average Bonchev–Trinajstić information content (AvgIpc) is 2.54. The van der Waals surface area contributed by atoms with Crippen LogP contribution in [-0.4, -0.2) is 26.2 Å². The number of hydrogen-bond acceptors (Lipinski definition) is 4. The van der Waals surface area contributed by atoms with Crippen molar-refractivity contribution in [3.63, 3.8) is 0 Å². The number of allylic oxidation sites excluding steroid dienone is 1. The van der Waals surface area contributed by atoms with Gasteiger partial charge < -0.3 is 4.74 Å². The lowest BCUT2D eigenvalue weighted by Gasteiger charge is -2.16. The molecule has 0 aliphatic heterocycles. The molecule has 0 bridgehead atoms. The topological polar surface area (TPSA) is 60.4 Å². The van der Waals surface area contributed by atoms with Gasteiger partial charge in [-0.3, -0.25) is 0 Å². The van der Waals surface area contributed by atoms with E-state index in [1.807, 2.05) is 13.8 Å². The van der Waals surface area contributed by atoms with Gasteiger partial charge in [0.05, 0.1) is 16.2 Å². The lowest BCUT2D eigenvalue weighted by atomic mass is 10.2. The summed E-state index contributed by atoms with van der Waals surface area (Å²) in [6, 6.07) is 15.1. The number of halogens is 1. The van der Waals surface area contributed by atoms with Gasteiger partial charge in [0.2, 0.25) is 0 Å². The Hall–Kier alpha value is -1.92. The molecule has 0 saturated carbocycles. The van der Waals surface area contributed by atoms with Gasteiger partial charge in [-0.25, -0.2) is 13.2 Å². The summed E-state index contributed by atoms with van der Waals surface area (Å²) in [5, 5.41) is 0. The molecule has 2 aromatic carbocycles. The zero-order valence-corrected chi connectivity index (χ0v) is 16.4. The second-order valence-electron chi connectivity index (χ2n) is 5.77. The molecule has 0 heterocycles. The molecule has 0 amide bonds. The second kappa shape index (κ2) is 8.45. The predicted octanol–water partition coefficient (Wildman–Crippen LogP) is 4.41. The molecule has 25 heavy (non-hydrogen) atoms. The molecule has 0 aliphatic rings. The van der Waals surface area contributed by atoms with Crippen molar-refractivity contribution in [1.29, 1.82) is 0 Å². The van der Waals surface area contributed by atoms with Crippen LogP contribution < -0.4 is 0 Å². The molecule has 0 aliphatic carbocycles. The van der Waals surface area contributed by atoms with E-state index < -0.39 is 21.9 Å². The second-order valence-corrected chi connectivity index (χ2v) is 8.62. The van der Waals surface area contributed by atoms with Gasteiger partial charge in [0.25, 0.3) is 0 Å². The maximum atomic E-state index is 12.7. The molecule has 1 atom stereocenters. The molecule has 0 fully saturated rings. The van der Waals surface area contributed by atoms with Crippen LogP contribution in [0.2, 0.25) is 0 Å². The minimum absolute atomic E-state index is 0.179. The number of sulfone groups is 1. The third-order valence-electron chi connectivity index (χ3n) is 3.34. The van der Waals surface area contributed by atoms with Crippen molar-refractivity contribution < 1.29 is 17.9 Å². The Morgan fingerprint density at radius 2 is 1.68 bits per heavy atom. The van der Waals surface area contributed by atoms with Crippen LogP contribution in [-0.2, 0) is 14.6 Å². The molecule has 1 unspecified atom stereocenters. The molecule has 0 radical (unpaired) electrons. The molecular weight excluding hydrogens is 404 g/mol. The predicted molar refractivity (Wildman–Crippen MR) is 101 cm³/mol. The van der Waals surface area contributed by atoms with Gasteiger partial charge in [0.1, 0.15) is 6.10 Å². The molecule has 0 N–H and O–H groups in total. The lowest BCUT2D eigenvalue weighted by molar-refractivity contribution is 0.0428. The summed E-state index contributed by atoms with van der Waals surface area (Å²) < 4.78 is 31.3. The van der Waals surface area contributed by atoms with E-state index >= 15 is 0 Å². The number of rotatable bonds is 6. The summed E-state index contributed by atoms with van der Waals surface area (Å²) in [5.41, 5.74) is 1.25. The number of carbonyl (C=O) groups excluding carboxylic acids is 1. The Labute approximate surface area is 156 Å². The van der Waals surface area contributed by atoms with E-state index in [1.54, 1.807) is 54.6 Å². The number of carbonyl (C=O) groups is 1. The Morgan fingerprint density at radius 3 is 2.28 bits per heavy atom. The van der Waals surface area contributed by atoms with E-state index in [2.05, 4.69) is 15.9 Å². The molecule has 4 nitrogen and oxygen atoms in total. The van der Waals surface area contributed by atoms with Crippen molar-refractivity contribution in [3.8, 4) is 0 Å². The third kappa shape index (κ3) is 5.54. The molecule has 0 aromatic heterocycles. The molecule has 2 aromatic rings. The third-order valence-corrected chi connectivity index (χ3v) is 6.09. The van der Waals surface area contributed by atoms with Crippen LogP contribution in [0, 0.1) is 0 Å². The SMILES string of the molecule is CC(C)=CC(CS(=O)(=O)c1ccccc1Br)OC(=O)c1ccccc1. The maximum Gasteiger partial charge on any atom is 0.338 e. The minimum atomic E-state index is -3.63. The van der Waals surface area contributed by atoms with Crippen LogP contribution in [0.1, 0.15) is 24.2 Å². The van der Waals surface area contributed by atoms with E-state index in [0.29, 0.717) is 10.0 Å². The normalized spacial score (nSPS) is 12.3.